The van der Waals surface area contributed by atoms with Gasteiger partial charge < -0.3 is 5.32 Å². The second-order valence-electron chi connectivity index (χ2n) is 5.68. The lowest BCUT2D eigenvalue weighted by molar-refractivity contribution is 0.201. The fraction of sp³-hybridized carbons (Fsp3) is 0.625. The average Bonchev–Trinajstić information content (AvgIpc) is 2.44. The van der Waals surface area contributed by atoms with Crippen LogP contribution in [0.15, 0.2) is 22.7 Å². The molecule has 2 nitrogen and oxygen atoms in total. The van der Waals surface area contributed by atoms with Gasteiger partial charge in [-0.1, -0.05) is 34.5 Å². The molecule has 0 radical (unpaired) electrons. The minimum atomic E-state index is 0.785. The Kier molecular flexibility index (Phi) is 6.82. The van der Waals surface area contributed by atoms with Gasteiger partial charge in [-0.3, -0.25) is 4.90 Å². The maximum atomic E-state index is 6.12. The zero-order valence-corrected chi connectivity index (χ0v) is 14.5. The van der Waals surface area contributed by atoms with Crippen LogP contribution in [0, 0.1) is 5.92 Å². The van der Waals surface area contributed by atoms with Gasteiger partial charge in [-0.25, -0.2) is 0 Å². The van der Waals surface area contributed by atoms with E-state index in [1.165, 1.54) is 37.9 Å². The van der Waals surface area contributed by atoms with Gasteiger partial charge in [0.1, 0.15) is 0 Å². The van der Waals surface area contributed by atoms with Crippen LogP contribution in [0.4, 0.5) is 0 Å². The van der Waals surface area contributed by atoms with Gasteiger partial charge in [0.25, 0.3) is 0 Å². The van der Waals surface area contributed by atoms with Gasteiger partial charge in [0.15, 0.2) is 0 Å². The van der Waals surface area contributed by atoms with Crippen molar-refractivity contribution >= 4 is 27.5 Å². The highest BCUT2D eigenvalue weighted by Crippen LogP contribution is 2.23. The second-order valence-corrected chi connectivity index (χ2v) is 6.97. The molecule has 1 unspecified atom stereocenters. The molecule has 112 valence electrons. The van der Waals surface area contributed by atoms with Crippen molar-refractivity contribution in [1.29, 1.82) is 0 Å². The topological polar surface area (TPSA) is 15.3 Å². The van der Waals surface area contributed by atoms with Gasteiger partial charge in [0.05, 0.1) is 0 Å². The zero-order chi connectivity index (χ0) is 14.4. The van der Waals surface area contributed by atoms with Crippen LogP contribution >= 0.6 is 27.5 Å². The molecule has 0 aliphatic carbocycles. The van der Waals surface area contributed by atoms with Gasteiger partial charge >= 0.3 is 0 Å². The van der Waals surface area contributed by atoms with Crippen molar-refractivity contribution in [3.63, 3.8) is 0 Å². The number of nitrogens with zero attached hydrogens (tertiary/aromatic N) is 1. The smallest absolute Gasteiger partial charge is 0.0410 e. The van der Waals surface area contributed by atoms with E-state index in [-0.39, 0.29) is 0 Å². The first kappa shape index (κ1) is 16.3. The standard InChI is InChI=1S/C16H24BrClN2/c1-2-8-20(11-13-4-3-7-19-10-13)12-14-9-15(18)5-6-16(14)17/h5-6,9,13,19H,2-4,7-8,10-12H2,1H3. The first-order chi connectivity index (χ1) is 9.69. The number of nitrogens with one attached hydrogen (secondary N) is 1. The third kappa shape index (κ3) is 5.03. The highest BCUT2D eigenvalue weighted by molar-refractivity contribution is 9.10. The van der Waals surface area contributed by atoms with E-state index in [4.69, 9.17) is 11.6 Å². The van der Waals surface area contributed by atoms with Crippen LogP contribution in [0.1, 0.15) is 31.7 Å². The molecule has 1 saturated heterocycles. The van der Waals surface area contributed by atoms with Gasteiger partial charge in [-0.15, -0.1) is 0 Å². The van der Waals surface area contributed by atoms with E-state index < -0.39 is 0 Å². The Morgan fingerprint density at radius 3 is 3.00 bits per heavy atom. The van der Waals surface area contributed by atoms with Crippen LogP contribution in [-0.2, 0) is 6.54 Å². The molecule has 1 N–H and O–H groups in total. The van der Waals surface area contributed by atoms with E-state index >= 15 is 0 Å². The van der Waals surface area contributed by atoms with Crippen molar-refractivity contribution in [1.82, 2.24) is 10.2 Å². The van der Waals surface area contributed by atoms with Crippen LogP contribution in [0.2, 0.25) is 5.02 Å². The zero-order valence-electron chi connectivity index (χ0n) is 12.2. The second kappa shape index (κ2) is 8.38. The summed E-state index contributed by atoms with van der Waals surface area (Å²) in [6.45, 7) is 7.90. The monoisotopic (exact) mass is 358 g/mol. The fourth-order valence-corrected chi connectivity index (χ4v) is 3.47. The number of rotatable bonds is 6. The summed E-state index contributed by atoms with van der Waals surface area (Å²) in [7, 11) is 0. The average molecular weight is 360 g/mol. The van der Waals surface area contributed by atoms with E-state index in [1.807, 2.05) is 12.1 Å². The van der Waals surface area contributed by atoms with Crippen molar-refractivity contribution in [2.75, 3.05) is 26.2 Å². The maximum Gasteiger partial charge on any atom is 0.0410 e. The first-order valence-electron chi connectivity index (χ1n) is 7.56. The van der Waals surface area contributed by atoms with E-state index in [0.717, 1.165) is 35.0 Å². The summed E-state index contributed by atoms with van der Waals surface area (Å²) in [6, 6.07) is 6.06. The molecule has 2 rings (SSSR count). The summed E-state index contributed by atoms with van der Waals surface area (Å²) in [6.07, 6.45) is 3.85. The minimum absolute atomic E-state index is 0.785. The fourth-order valence-electron chi connectivity index (χ4n) is 2.90. The number of hydrogen-bond donors (Lipinski definition) is 1. The Hall–Kier alpha value is -0.0900. The predicted molar refractivity (Wildman–Crippen MR) is 90.3 cm³/mol. The van der Waals surface area contributed by atoms with E-state index in [0.29, 0.717) is 0 Å². The number of hydrogen-bond acceptors (Lipinski definition) is 2. The molecule has 0 saturated carbocycles. The molecule has 1 aliphatic rings. The number of halogens is 2. The molecule has 1 aromatic rings. The third-order valence-electron chi connectivity index (χ3n) is 3.86. The third-order valence-corrected chi connectivity index (χ3v) is 4.87. The molecule has 4 heteroatoms. The van der Waals surface area contributed by atoms with Crippen LogP contribution in [-0.4, -0.2) is 31.1 Å². The lowest BCUT2D eigenvalue weighted by Crippen LogP contribution is -2.38. The van der Waals surface area contributed by atoms with Gasteiger partial charge in [-0.05, 0) is 68.6 Å². The van der Waals surface area contributed by atoms with Crippen molar-refractivity contribution in [3.8, 4) is 0 Å². The SMILES string of the molecule is CCCN(Cc1cc(Cl)ccc1Br)CC1CCCNC1. The molecule has 0 bridgehead atoms. The lowest BCUT2D eigenvalue weighted by Gasteiger charge is -2.30. The number of piperidine rings is 1. The van der Waals surface area contributed by atoms with Gasteiger partial charge in [-0.2, -0.15) is 0 Å². The predicted octanol–water partition coefficient (Wildman–Crippen LogP) is 4.31. The normalized spacial score (nSPS) is 19.5. The quantitative estimate of drug-likeness (QED) is 0.814. The molecule has 1 aromatic carbocycles. The Bertz CT molecular complexity index is 419. The summed E-state index contributed by atoms with van der Waals surface area (Å²) in [5, 5.41) is 4.33. The van der Waals surface area contributed by atoms with Crippen LogP contribution < -0.4 is 5.32 Å². The van der Waals surface area contributed by atoms with E-state index in [9.17, 15) is 0 Å². The Balaban J connectivity index is 1.98. The van der Waals surface area contributed by atoms with Gasteiger partial charge in [0, 0.05) is 22.6 Å². The van der Waals surface area contributed by atoms with Crippen molar-refractivity contribution < 1.29 is 0 Å². The lowest BCUT2D eigenvalue weighted by atomic mass is 9.98. The van der Waals surface area contributed by atoms with Crippen LogP contribution in [0.25, 0.3) is 0 Å². The molecule has 0 amide bonds. The van der Waals surface area contributed by atoms with Crippen molar-refractivity contribution in [3.05, 3.63) is 33.3 Å². The summed E-state index contributed by atoms with van der Waals surface area (Å²) >= 11 is 9.76. The van der Waals surface area contributed by atoms with Crippen LogP contribution in [0.3, 0.4) is 0 Å². The molecule has 0 aromatic heterocycles. The van der Waals surface area contributed by atoms with Crippen molar-refractivity contribution in [2.45, 2.75) is 32.7 Å². The van der Waals surface area contributed by atoms with Gasteiger partial charge in [0.2, 0.25) is 0 Å². The summed E-state index contributed by atoms with van der Waals surface area (Å²) in [5.41, 5.74) is 1.29. The summed E-state index contributed by atoms with van der Waals surface area (Å²) < 4.78 is 1.16. The molecular weight excluding hydrogens is 336 g/mol. The van der Waals surface area contributed by atoms with E-state index in [2.05, 4.69) is 39.1 Å². The van der Waals surface area contributed by atoms with E-state index in [1.54, 1.807) is 0 Å². The molecule has 20 heavy (non-hydrogen) atoms. The molecule has 0 spiro atoms. The summed E-state index contributed by atoms with van der Waals surface area (Å²) in [5.74, 6) is 0.785. The maximum absolute atomic E-state index is 6.12. The molecule has 1 atom stereocenters. The molecular formula is C16H24BrClN2. The highest BCUT2D eigenvalue weighted by atomic mass is 79.9. The Morgan fingerprint density at radius 1 is 1.45 bits per heavy atom. The molecule has 1 aliphatic heterocycles. The Labute approximate surface area is 136 Å². The molecule has 1 fully saturated rings. The minimum Gasteiger partial charge on any atom is -0.316 e. The van der Waals surface area contributed by atoms with Crippen LogP contribution in [0.5, 0.6) is 0 Å². The Morgan fingerprint density at radius 2 is 2.30 bits per heavy atom. The first-order valence-corrected chi connectivity index (χ1v) is 8.73. The largest absolute Gasteiger partial charge is 0.316 e. The molecule has 1 heterocycles. The van der Waals surface area contributed by atoms with Crippen molar-refractivity contribution in [2.24, 2.45) is 5.92 Å². The summed E-state index contributed by atoms with van der Waals surface area (Å²) in [4.78, 5) is 2.56. The number of benzene rings is 1. The highest BCUT2D eigenvalue weighted by Gasteiger charge is 2.17.